The van der Waals surface area contributed by atoms with Gasteiger partial charge in [0.2, 0.25) is 0 Å². The summed E-state index contributed by atoms with van der Waals surface area (Å²) >= 11 is 0. The molecule has 2 saturated heterocycles. The molecule has 1 aromatic rings. The van der Waals surface area contributed by atoms with Gasteiger partial charge in [0.05, 0.1) is 53.9 Å². The van der Waals surface area contributed by atoms with Crippen LogP contribution in [0.4, 0.5) is 0 Å². The molecule has 0 unspecified atom stereocenters. The molecule has 3 rings (SSSR count). The third-order valence-corrected chi connectivity index (χ3v) is 9.08. The predicted molar refractivity (Wildman–Crippen MR) is 132 cm³/mol. The number of sulfone groups is 1. The maximum absolute atomic E-state index is 13.3. The van der Waals surface area contributed by atoms with Gasteiger partial charge in [0.1, 0.15) is 0 Å². The first-order valence-electron chi connectivity index (χ1n) is 12.4. The summed E-state index contributed by atoms with van der Waals surface area (Å²) in [6.07, 6.45) is -0.171. The van der Waals surface area contributed by atoms with Gasteiger partial charge in [-0.15, -0.1) is 0 Å². The van der Waals surface area contributed by atoms with Crippen molar-refractivity contribution in [3.05, 3.63) is 42.5 Å². The van der Waals surface area contributed by atoms with Crippen LogP contribution in [0.3, 0.4) is 0 Å². The van der Waals surface area contributed by atoms with E-state index < -0.39 is 46.8 Å². The van der Waals surface area contributed by atoms with Crippen molar-refractivity contribution < 1.29 is 37.9 Å². The maximum Gasteiger partial charge on any atom is 0.178 e. The lowest BCUT2D eigenvalue weighted by Crippen LogP contribution is -2.40. The highest BCUT2D eigenvalue weighted by atomic mass is 32.2. The minimum Gasteiger partial charge on any atom is -0.396 e. The van der Waals surface area contributed by atoms with Crippen molar-refractivity contribution in [1.82, 2.24) is 0 Å². The van der Waals surface area contributed by atoms with Gasteiger partial charge in [-0.1, -0.05) is 31.7 Å². The van der Waals surface area contributed by atoms with Crippen LogP contribution >= 0.6 is 0 Å². The molecule has 0 aliphatic carbocycles. The second kappa shape index (κ2) is 12.8. The molecule has 0 aromatic heterocycles. The van der Waals surface area contributed by atoms with E-state index in [1.165, 1.54) is 7.11 Å². The molecule has 8 nitrogen and oxygen atoms in total. The van der Waals surface area contributed by atoms with E-state index in [0.717, 1.165) is 18.4 Å². The zero-order chi connectivity index (χ0) is 25.6. The number of ether oxygens (including phenoxy) is 3. The molecule has 9 heteroatoms. The number of methoxy groups -OCH3 is 1. The summed E-state index contributed by atoms with van der Waals surface area (Å²) in [5.74, 6) is -0.435. The number of benzene rings is 1. The lowest BCUT2D eigenvalue weighted by atomic mass is 9.83. The summed E-state index contributed by atoms with van der Waals surface area (Å²) in [5.41, 5.74) is 0.950. The van der Waals surface area contributed by atoms with Crippen molar-refractivity contribution in [2.75, 3.05) is 26.1 Å². The van der Waals surface area contributed by atoms with Crippen molar-refractivity contribution in [3.63, 3.8) is 0 Å². The summed E-state index contributed by atoms with van der Waals surface area (Å²) in [6, 6.07) is 8.31. The Bertz CT molecular complexity index is 905. The van der Waals surface area contributed by atoms with Gasteiger partial charge in [-0.25, -0.2) is 8.42 Å². The van der Waals surface area contributed by atoms with Gasteiger partial charge in [-0.05, 0) is 42.9 Å². The molecule has 0 saturated carbocycles. The molecule has 3 N–H and O–H groups in total. The molecule has 0 radical (unpaired) electrons. The van der Waals surface area contributed by atoms with Gasteiger partial charge in [0, 0.05) is 32.5 Å². The quantitative estimate of drug-likeness (QED) is 0.364. The zero-order valence-electron chi connectivity index (χ0n) is 20.7. The van der Waals surface area contributed by atoms with Crippen molar-refractivity contribution in [2.45, 2.75) is 80.5 Å². The van der Waals surface area contributed by atoms with Gasteiger partial charge in [0.15, 0.2) is 9.84 Å². The first kappa shape index (κ1) is 28.2. The van der Waals surface area contributed by atoms with E-state index in [0.29, 0.717) is 12.8 Å². The highest BCUT2D eigenvalue weighted by molar-refractivity contribution is 7.91. The molecule has 2 aliphatic heterocycles. The van der Waals surface area contributed by atoms with Crippen LogP contribution in [0.1, 0.15) is 39.0 Å². The van der Waals surface area contributed by atoms with Gasteiger partial charge in [-0.2, -0.15) is 0 Å². The van der Waals surface area contributed by atoms with E-state index >= 15 is 0 Å². The van der Waals surface area contributed by atoms with E-state index in [1.807, 2.05) is 0 Å². The molecular formula is C26H40O8S. The Labute approximate surface area is 208 Å². The number of aliphatic hydroxyl groups excluding tert-OH is 3. The second-order valence-corrected chi connectivity index (χ2v) is 11.8. The number of hydrogen-bond acceptors (Lipinski definition) is 8. The van der Waals surface area contributed by atoms with Gasteiger partial charge >= 0.3 is 0 Å². The number of rotatable bonds is 12. The fourth-order valence-electron chi connectivity index (χ4n) is 5.32. The largest absolute Gasteiger partial charge is 0.396 e. The van der Waals surface area contributed by atoms with Crippen molar-refractivity contribution in [2.24, 2.45) is 11.8 Å². The fourth-order valence-corrected chi connectivity index (χ4v) is 7.00. The third kappa shape index (κ3) is 7.13. The van der Waals surface area contributed by atoms with E-state index in [2.05, 4.69) is 13.5 Å². The van der Waals surface area contributed by atoms with Crippen LogP contribution in [-0.2, 0) is 24.0 Å². The molecule has 2 fully saturated rings. The summed E-state index contributed by atoms with van der Waals surface area (Å²) in [7, 11) is -2.11. The lowest BCUT2D eigenvalue weighted by Gasteiger charge is -2.38. The highest BCUT2D eigenvalue weighted by Crippen LogP contribution is 2.40. The smallest absolute Gasteiger partial charge is 0.178 e. The number of hydrogen-bond donors (Lipinski definition) is 3. The van der Waals surface area contributed by atoms with Crippen LogP contribution in [0, 0.1) is 11.8 Å². The molecule has 0 amide bonds. The van der Waals surface area contributed by atoms with E-state index in [4.69, 9.17) is 14.2 Å². The van der Waals surface area contributed by atoms with Crippen LogP contribution in [-0.4, -0.2) is 86.4 Å². The minimum absolute atomic E-state index is 0.00853. The average molecular weight is 513 g/mol. The average Bonchev–Trinajstić information content (AvgIpc) is 3.15. The topological polar surface area (TPSA) is 123 Å². The summed E-state index contributed by atoms with van der Waals surface area (Å²) in [4.78, 5) is 0.239. The van der Waals surface area contributed by atoms with Crippen molar-refractivity contribution in [1.29, 1.82) is 0 Å². The molecule has 1 aromatic carbocycles. The molecule has 35 heavy (non-hydrogen) atoms. The number of aliphatic hydroxyl groups is 3. The second-order valence-electron chi connectivity index (χ2n) is 9.80. The molecule has 198 valence electrons. The molecule has 0 bridgehead atoms. The fraction of sp³-hybridized carbons (Fsp3) is 0.692. The van der Waals surface area contributed by atoms with E-state index in [-0.39, 0.29) is 41.8 Å². The van der Waals surface area contributed by atoms with E-state index in [1.54, 1.807) is 30.3 Å². The Kier molecular flexibility index (Phi) is 10.3. The Balaban J connectivity index is 1.84. The zero-order valence-corrected chi connectivity index (χ0v) is 21.5. The Morgan fingerprint density at radius 1 is 1.17 bits per heavy atom. The predicted octanol–water partition coefficient (Wildman–Crippen LogP) is 2.11. The van der Waals surface area contributed by atoms with Crippen LogP contribution in [0.15, 0.2) is 47.4 Å². The van der Waals surface area contributed by atoms with Gasteiger partial charge in [-0.3, -0.25) is 0 Å². The van der Waals surface area contributed by atoms with Gasteiger partial charge in [0.25, 0.3) is 0 Å². The Morgan fingerprint density at radius 2 is 1.89 bits per heavy atom. The Hall–Kier alpha value is -1.33. The molecule has 2 aliphatic rings. The summed E-state index contributed by atoms with van der Waals surface area (Å²) in [6.45, 7) is 6.04. The molecular weight excluding hydrogens is 472 g/mol. The maximum atomic E-state index is 13.3. The van der Waals surface area contributed by atoms with Crippen molar-refractivity contribution in [3.8, 4) is 0 Å². The van der Waals surface area contributed by atoms with Crippen LogP contribution < -0.4 is 0 Å². The molecule has 2 heterocycles. The van der Waals surface area contributed by atoms with Gasteiger partial charge < -0.3 is 29.5 Å². The minimum atomic E-state index is -3.63. The lowest BCUT2D eigenvalue weighted by molar-refractivity contribution is -0.0769. The van der Waals surface area contributed by atoms with Crippen molar-refractivity contribution >= 4 is 9.84 Å². The third-order valence-electron chi connectivity index (χ3n) is 7.27. The van der Waals surface area contributed by atoms with Crippen LogP contribution in [0.2, 0.25) is 0 Å². The summed E-state index contributed by atoms with van der Waals surface area (Å²) in [5, 5.41) is 28.6. The summed E-state index contributed by atoms with van der Waals surface area (Å²) < 4.78 is 44.9. The Morgan fingerprint density at radius 3 is 2.51 bits per heavy atom. The van der Waals surface area contributed by atoms with Crippen LogP contribution in [0.5, 0.6) is 0 Å². The monoisotopic (exact) mass is 512 g/mol. The first-order valence-corrected chi connectivity index (χ1v) is 14.0. The highest BCUT2D eigenvalue weighted by Gasteiger charge is 2.48. The normalized spacial score (nSPS) is 32.6. The standard InChI is InChI=1S/C26H40O8S/c1-17-12-20(8-7-11-27)33-23(18(17)2)14-24-22(16-35(30,31)21-9-5-4-6-10-21)26(32-3)25(34-24)13-19(29)15-28/h4-6,9-10,17,19-20,22-29H,2,7-8,11-16H2,1,3H3/t17-,19+,20+,22+,23-,24+,25-,26-/m1/s1. The SMILES string of the molecule is C=C1[C@H](C)C[C@H](CCCO)O[C@@H]1C[C@@H]1O[C@H](C[C@H](O)CO)[C@H](OC)[C@H]1CS(=O)(=O)c1ccccc1. The molecule has 0 spiro atoms. The van der Waals surface area contributed by atoms with Crippen LogP contribution in [0.25, 0.3) is 0 Å². The first-order chi connectivity index (χ1) is 16.7. The molecule has 8 atom stereocenters. The van der Waals surface area contributed by atoms with E-state index in [9.17, 15) is 23.7 Å².